The first kappa shape index (κ1) is 16.2. The smallest absolute Gasteiger partial charge is 0.251 e. The highest BCUT2D eigenvalue weighted by atomic mass is 16.2. The molecular weight excluding hydrogens is 254 g/mol. The number of hydrogen-bond donors (Lipinski definition) is 3. The van der Waals surface area contributed by atoms with E-state index in [0.717, 1.165) is 12.0 Å². The Hall–Kier alpha value is -1.88. The molecule has 0 fully saturated rings. The van der Waals surface area contributed by atoms with Crippen LogP contribution in [0, 0.1) is 0 Å². The zero-order chi connectivity index (χ0) is 15.0. The van der Waals surface area contributed by atoms with Gasteiger partial charge in [-0.2, -0.15) is 0 Å². The lowest BCUT2D eigenvalue weighted by Crippen LogP contribution is -2.29. The molecule has 0 aliphatic rings. The second-order valence-corrected chi connectivity index (χ2v) is 4.91. The number of benzene rings is 1. The Morgan fingerprint density at radius 3 is 2.70 bits per heavy atom. The van der Waals surface area contributed by atoms with Crippen molar-refractivity contribution in [1.82, 2.24) is 10.6 Å². The molecule has 20 heavy (non-hydrogen) atoms. The van der Waals surface area contributed by atoms with E-state index < -0.39 is 0 Å². The average molecular weight is 277 g/mol. The molecule has 1 atom stereocenters. The van der Waals surface area contributed by atoms with Gasteiger partial charge in [-0.15, -0.1) is 0 Å². The van der Waals surface area contributed by atoms with E-state index >= 15 is 0 Å². The van der Waals surface area contributed by atoms with Gasteiger partial charge in [0.25, 0.3) is 5.91 Å². The molecule has 0 aliphatic heterocycles. The topological polar surface area (TPSA) is 84.2 Å². The molecule has 5 nitrogen and oxygen atoms in total. The Morgan fingerprint density at radius 2 is 2.05 bits per heavy atom. The van der Waals surface area contributed by atoms with Gasteiger partial charge in [0, 0.05) is 31.1 Å². The Balaban J connectivity index is 2.55. The van der Waals surface area contributed by atoms with Crippen LogP contribution in [-0.2, 0) is 11.3 Å². The third-order valence-electron chi connectivity index (χ3n) is 2.72. The molecular formula is C15H23N3O2. The van der Waals surface area contributed by atoms with Gasteiger partial charge < -0.3 is 16.4 Å². The van der Waals surface area contributed by atoms with E-state index in [9.17, 15) is 9.59 Å². The Labute approximate surface area is 119 Å². The summed E-state index contributed by atoms with van der Waals surface area (Å²) >= 11 is 0. The SMILES string of the molecule is CCCNC(=O)c1cccc(CNC(=O)CC(C)N)c1. The van der Waals surface area contributed by atoms with Gasteiger partial charge in [-0.3, -0.25) is 9.59 Å². The molecule has 2 amide bonds. The van der Waals surface area contributed by atoms with Crippen molar-refractivity contribution in [3.05, 3.63) is 35.4 Å². The molecule has 0 aliphatic carbocycles. The van der Waals surface area contributed by atoms with Crippen LogP contribution in [0.4, 0.5) is 0 Å². The molecule has 0 spiro atoms. The van der Waals surface area contributed by atoms with Crippen LogP contribution in [0.5, 0.6) is 0 Å². The standard InChI is InChI=1S/C15H23N3O2/c1-3-7-17-15(20)13-6-4-5-12(9-13)10-18-14(19)8-11(2)16/h4-6,9,11H,3,7-8,10,16H2,1-2H3,(H,17,20)(H,18,19). The lowest BCUT2D eigenvalue weighted by Gasteiger charge is -2.09. The Morgan fingerprint density at radius 1 is 1.30 bits per heavy atom. The summed E-state index contributed by atoms with van der Waals surface area (Å²) in [5, 5.41) is 5.61. The van der Waals surface area contributed by atoms with Gasteiger partial charge in [-0.1, -0.05) is 19.1 Å². The number of hydrogen-bond acceptors (Lipinski definition) is 3. The lowest BCUT2D eigenvalue weighted by molar-refractivity contribution is -0.121. The largest absolute Gasteiger partial charge is 0.352 e. The van der Waals surface area contributed by atoms with Gasteiger partial charge in [0.05, 0.1) is 0 Å². The van der Waals surface area contributed by atoms with E-state index in [0.29, 0.717) is 25.1 Å². The summed E-state index contributed by atoms with van der Waals surface area (Å²) in [7, 11) is 0. The van der Waals surface area contributed by atoms with Crippen molar-refractivity contribution in [3.8, 4) is 0 Å². The third kappa shape index (κ3) is 5.84. The van der Waals surface area contributed by atoms with Crippen molar-refractivity contribution < 1.29 is 9.59 Å². The number of nitrogens with one attached hydrogen (secondary N) is 2. The molecule has 1 rings (SSSR count). The first-order chi connectivity index (χ1) is 9.52. The molecule has 0 radical (unpaired) electrons. The zero-order valence-electron chi connectivity index (χ0n) is 12.1. The van der Waals surface area contributed by atoms with Gasteiger partial charge >= 0.3 is 0 Å². The summed E-state index contributed by atoms with van der Waals surface area (Å²) in [6.07, 6.45) is 1.20. The normalized spacial score (nSPS) is 11.8. The van der Waals surface area contributed by atoms with Crippen LogP contribution in [0.25, 0.3) is 0 Å². The maximum absolute atomic E-state index is 11.8. The predicted molar refractivity (Wildman–Crippen MR) is 79.2 cm³/mol. The van der Waals surface area contributed by atoms with Crippen molar-refractivity contribution >= 4 is 11.8 Å². The first-order valence-corrected chi connectivity index (χ1v) is 6.92. The van der Waals surface area contributed by atoms with E-state index in [1.165, 1.54) is 0 Å². The molecule has 0 aromatic heterocycles. The Bertz CT molecular complexity index is 458. The molecule has 5 heteroatoms. The minimum atomic E-state index is -0.152. The highest BCUT2D eigenvalue weighted by Gasteiger charge is 2.07. The van der Waals surface area contributed by atoms with Gasteiger partial charge in [0.1, 0.15) is 0 Å². The average Bonchev–Trinajstić information content (AvgIpc) is 2.42. The number of nitrogens with two attached hydrogens (primary N) is 1. The van der Waals surface area contributed by atoms with Crippen LogP contribution in [0.3, 0.4) is 0 Å². The number of carbonyl (C=O) groups excluding carboxylic acids is 2. The summed E-state index contributed by atoms with van der Waals surface area (Å²) in [5.74, 6) is -0.170. The van der Waals surface area contributed by atoms with Gasteiger partial charge in [0.15, 0.2) is 0 Å². The molecule has 1 aromatic rings. The fraction of sp³-hybridized carbons (Fsp3) is 0.467. The second kappa shape index (κ2) is 8.32. The van der Waals surface area contributed by atoms with Crippen molar-refractivity contribution in [2.24, 2.45) is 5.73 Å². The highest BCUT2D eigenvalue weighted by molar-refractivity contribution is 5.94. The van der Waals surface area contributed by atoms with E-state index in [1.807, 2.05) is 19.1 Å². The molecule has 1 unspecified atom stereocenters. The molecule has 4 N–H and O–H groups in total. The maximum Gasteiger partial charge on any atom is 0.251 e. The van der Waals surface area contributed by atoms with Crippen LogP contribution in [0.1, 0.15) is 42.6 Å². The summed E-state index contributed by atoms with van der Waals surface area (Å²) in [6.45, 7) is 4.86. The number of amides is 2. The molecule has 1 aromatic carbocycles. The molecule has 110 valence electrons. The third-order valence-corrected chi connectivity index (χ3v) is 2.72. The van der Waals surface area contributed by atoms with Crippen molar-refractivity contribution in [3.63, 3.8) is 0 Å². The monoisotopic (exact) mass is 277 g/mol. The fourth-order valence-corrected chi connectivity index (χ4v) is 1.73. The number of rotatable bonds is 7. The van der Waals surface area contributed by atoms with Crippen LogP contribution < -0.4 is 16.4 Å². The summed E-state index contributed by atoms with van der Waals surface area (Å²) in [4.78, 5) is 23.3. The molecule has 0 saturated heterocycles. The van der Waals surface area contributed by atoms with E-state index in [4.69, 9.17) is 5.73 Å². The summed E-state index contributed by atoms with van der Waals surface area (Å²) < 4.78 is 0. The zero-order valence-corrected chi connectivity index (χ0v) is 12.1. The van der Waals surface area contributed by atoms with Gasteiger partial charge in [-0.25, -0.2) is 0 Å². The predicted octanol–water partition coefficient (Wildman–Crippen LogP) is 1.18. The van der Waals surface area contributed by atoms with Crippen LogP contribution >= 0.6 is 0 Å². The Kier molecular flexibility index (Phi) is 6.73. The summed E-state index contributed by atoms with van der Waals surface area (Å²) in [6, 6.07) is 7.09. The van der Waals surface area contributed by atoms with Crippen LogP contribution in [0.2, 0.25) is 0 Å². The fourth-order valence-electron chi connectivity index (χ4n) is 1.73. The van der Waals surface area contributed by atoms with Gasteiger partial charge in [0.2, 0.25) is 5.91 Å². The van der Waals surface area contributed by atoms with E-state index in [1.54, 1.807) is 19.1 Å². The minimum absolute atomic E-state index is 0.0826. The van der Waals surface area contributed by atoms with Crippen LogP contribution in [-0.4, -0.2) is 24.4 Å². The number of carbonyl (C=O) groups is 2. The second-order valence-electron chi connectivity index (χ2n) is 4.91. The van der Waals surface area contributed by atoms with E-state index in [-0.39, 0.29) is 17.9 Å². The molecule has 0 bridgehead atoms. The maximum atomic E-state index is 11.8. The van der Waals surface area contributed by atoms with Crippen LogP contribution in [0.15, 0.2) is 24.3 Å². The highest BCUT2D eigenvalue weighted by Crippen LogP contribution is 2.05. The van der Waals surface area contributed by atoms with E-state index in [2.05, 4.69) is 10.6 Å². The lowest BCUT2D eigenvalue weighted by atomic mass is 10.1. The first-order valence-electron chi connectivity index (χ1n) is 6.92. The molecule has 0 heterocycles. The minimum Gasteiger partial charge on any atom is -0.352 e. The van der Waals surface area contributed by atoms with Crippen molar-refractivity contribution in [2.75, 3.05) is 6.54 Å². The van der Waals surface area contributed by atoms with Crippen molar-refractivity contribution in [1.29, 1.82) is 0 Å². The quantitative estimate of drug-likeness (QED) is 0.699. The summed E-state index contributed by atoms with van der Waals surface area (Å²) in [5.41, 5.74) is 7.06. The van der Waals surface area contributed by atoms with Gasteiger partial charge in [-0.05, 0) is 31.0 Å². The van der Waals surface area contributed by atoms with Crippen molar-refractivity contribution in [2.45, 2.75) is 39.3 Å². The molecule has 0 saturated carbocycles.